The normalized spacial score (nSPS) is 16.3. The molecule has 3 atom stereocenters. The number of hydrogen-bond acceptors (Lipinski definition) is 4. The van der Waals surface area contributed by atoms with E-state index in [0.29, 0.717) is 18.8 Å². The summed E-state index contributed by atoms with van der Waals surface area (Å²) in [6.45, 7) is 8.85. The minimum atomic E-state index is -0.344. The van der Waals surface area contributed by atoms with Crippen LogP contribution in [-0.4, -0.2) is 47.1 Å². The van der Waals surface area contributed by atoms with Gasteiger partial charge in [0.15, 0.2) is 0 Å². The highest BCUT2D eigenvalue weighted by atomic mass is 16.3. The molecule has 0 unspecified atom stereocenters. The molecule has 0 spiro atoms. The summed E-state index contributed by atoms with van der Waals surface area (Å²) < 4.78 is 0. The van der Waals surface area contributed by atoms with Crippen molar-refractivity contribution in [2.45, 2.75) is 57.9 Å². The quantitative estimate of drug-likeness (QED) is 0.246. The van der Waals surface area contributed by atoms with Gasteiger partial charge in [0.1, 0.15) is 0 Å². The number of aliphatic hydroxyl groups is 1. The Morgan fingerprint density at radius 2 is 1.56 bits per heavy atom. The standard InChI is InChI=1S/C24H30N2O.C11H16N2O2.H2O/c1-3-18-13-15-19(16-14-18)21-11-7-8-12-22(21)24(27)26-23(17(2)25)20-9-5-4-6-10-20;1-2-13(8-9-14)11(15)12-10-6-4-3-5-7-10;/h4-6,9-10,13-16,21-23H,2-3,7-8,11-12,25H2,1H3,(H,26,27);3-7,14H,2,8-9H2,1H3,(H,12,15);1H2/t21-,22+,23+;;/m0../s1. The molecule has 1 aliphatic carbocycles. The van der Waals surface area contributed by atoms with Crippen LogP contribution in [0.2, 0.25) is 0 Å². The van der Waals surface area contributed by atoms with Gasteiger partial charge in [0.25, 0.3) is 0 Å². The highest BCUT2D eigenvalue weighted by Crippen LogP contribution is 2.38. The number of likely N-dealkylation sites (N-methyl/N-ethyl adjacent to an activating group) is 1. The van der Waals surface area contributed by atoms with Crippen molar-refractivity contribution in [3.05, 3.63) is 114 Å². The van der Waals surface area contributed by atoms with Gasteiger partial charge in [-0.05, 0) is 60.9 Å². The van der Waals surface area contributed by atoms with Gasteiger partial charge in [0.2, 0.25) is 5.91 Å². The molecule has 3 aromatic rings. The molecule has 0 bridgehead atoms. The topological polar surface area (TPSA) is 139 Å². The number of benzene rings is 3. The summed E-state index contributed by atoms with van der Waals surface area (Å²) in [6.07, 6.45) is 5.29. The Labute approximate surface area is 256 Å². The molecular weight excluding hydrogens is 540 g/mol. The van der Waals surface area contributed by atoms with E-state index in [1.807, 2.05) is 67.6 Å². The maximum atomic E-state index is 13.2. The Morgan fingerprint density at radius 3 is 2.12 bits per heavy atom. The van der Waals surface area contributed by atoms with E-state index < -0.39 is 0 Å². The number of nitrogens with one attached hydrogen (secondary N) is 2. The van der Waals surface area contributed by atoms with E-state index in [2.05, 4.69) is 48.4 Å². The first-order valence-corrected chi connectivity index (χ1v) is 15.0. The molecule has 1 saturated carbocycles. The minimum Gasteiger partial charge on any atom is -0.412 e. The molecule has 0 heterocycles. The van der Waals surface area contributed by atoms with Crippen LogP contribution in [0.25, 0.3) is 0 Å². The molecule has 1 aliphatic rings. The summed E-state index contributed by atoms with van der Waals surface area (Å²) >= 11 is 0. The number of urea groups is 1. The Kier molecular flexibility index (Phi) is 15.0. The monoisotopic (exact) mass is 588 g/mol. The lowest BCUT2D eigenvalue weighted by molar-refractivity contribution is -0.127. The summed E-state index contributed by atoms with van der Waals surface area (Å²) in [7, 11) is 0. The molecule has 8 nitrogen and oxygen atoms in total. The van der Waals surface area contributed by atoms with Crippen LogP contribution in [0.1, 0.15) is 68.2 Å². The minimum absolute atomic E-state index is 0. The van der Waals surface area contributed by atoms with Crippen molar-refractivity contribution in [1.29, 1.82) is 0 Å². The lowest BCUT2D eigenvalue weighted by Gasteiger charge is -2.32. The van der Waals surface area contributed by atoms with Gasteiger partial charge in [0, 0.05) is 30.4 Å². The van der Waals surface area contributed by atoms with Crippen molar-refractivity contribution in [3.63, 3.8) is 0 Å². The Hall–Kier alpha value is -4.14. The number of aliphatic hydroxyl groups excluding tert-OH is 1. The van der Waals surface area contributed by atoms with Crippen molar-refractivity contribution in [2.24, 2.45) is 11.7 Å². The second kappa shape index (κ2) is 18.4. The van der Waals surface area contributed by atoms with Gasteiger partial charge >= 0.3 is 6.03 Å². The van der Waals surface area contributed by atoms with Gasteiger partial charge in [-0.15, -0.1) is 0 Å². The zero-order chi connectivity index (χ0) is 30.3. The summed E-state index contributed by atoms with van der Waals surface area (Å²) in [4.78, 5) is 26.4. The SMILES string of the molecule is C=C(N)[C@@H](NC(=O)[C@@H]1CCCC[C@H]1c1ccc(CC)cc1)c1ccccc1.CCN(CCO)C(=O)Nc1ccccc1.O. The van der Waals surface area contributed by atoms with Crippen LogP contribution in [-0.2, 0) is 11.2 Å². The lowest BCUT2D eigenvalue weighted by Crippen LogP contribution is -2.39. The van der Waals surface area contributed by atoms with Gasteiger partial charge in [-0.2, -0.15) is 0 Å². The molecule has 4 rings (SSSR count). The number of para-hydroxylation sites is 1. The third-order valence-electron chi connectivity index (χ3n) is 7.77. The molecule has 7 N–H and O–H groups in total. The third-order valence-corrected chi connectivity index (χ3v) is 7.77. The van der Waals surface area contributed by atoms with Crippen molar-refractivity contribution < 1.29 is 20.2 Å². The number of nitrogens with zero attached hydrogens (tertiary/aromatic N) is 1. The van der Waals surface area contributed by atoms with E-state index in [1.165, 1.54) is 17.5 Å². The van der Waals surface area contributed by atoms with Crippen LogP contribution in [0.5, 0.6) is 0 Å². The van der Waals surface area contributed by atoms with Crippen molar-refractivity contribution in [3.8, 4) is 0 Å². The van der Waals surface area contributed by atoms with Gasteiger partial charge < -0.3 is 31.8 Å². The van der Waals surface area contributed by atoms with Crippen molar-refractivity contribution in [2.75, 3.05) is 25.0 Å². The summed E-state index contributed by atoms with van der Waals surface area (Å²) in [5, 5.41) is 14.7. The third kappa shape index (κ3) is 10.6. The molecule has 0 saturated heterocycles. The maximum absolute atomic E-state index is 13.2. The Bertz CT molecular complexity index is 1250. The van der Waals surface area contributed by atoms with Gasteiger partial charge in [-0.1, -0.05) is 99.1 Å². The largest absolute Gasteiger partial charge is 0.412 e. The van der Waals surface area contributed by atoms with Crippen LogP contribution in [0.4, 0.5) is 10.5 Å². The Balaban J connectivity index is 0.000000344. The molecule has 0 aromatic heterocycles. The van der Waals surface area contributed by atoms with Gasteiger partial charge in [0.05, 0.1) is 12.6 Å². The van der Waals surface area contributed by atoms with E-state index in [-0.39, 0.29) is 41.9 Å². The number of anilines is 1. The number of amides is 3. The van der Waals surface area contributed by atoms with Crippen LogP contribution in [0.15, 0.2) is 97.2 Å². The molecule has 3 amide bonds. The fourth-order valence-corrected chi connectivity index (χ4v) is 5.38. The number of nitrogens with two attached hydrogens (primary N) is 1. The van der Waals surface area contributed by atoms with Crippen LogP contribution in [0, 0.1) is 5.92 Å². The molecular formula is C35H48N4O4. The molecule has 0 aliphatic heterocycles. The molecule has 8 heteroatoms. The van der Waals surface area contributed by atoms with E-state index in [1.54, 1.807) is 4.90 Å². The number of carbonyl (C=O) groups excluding carboxylic acids is 2. The lowest BCUT2D eigenvalue weighted by atomic mass is 9.74. The van der Waals surface area contributed by atoms with Gasteiger partial charge in [-0.25, -0.2) is 4.79 Å². The first-order chi connectivity index (χ1) is 20.4. The van der Waals surface area contributed by atoms with Crippen LogP contribution < -0.4 is 16.4 Å². The molecule has 1 fully saturated rings. The Morgan fingerprint density at radius 1 is 0.953 bits per heavy atom. The van der Waals surface area contributed by atoms with E-state index in [9.17, 15) is 9.59 Å². The summed E-state index contributed by atoms with van der Waals surface area (Å²) in [5.41, 5.74) is 10.8. The average molecular weight is 589 g/mol. The first-order valence-electron chi connectivity index (χ1n) is 15.0. The summed E-state index contributed by atoms with van der Waals surface area (Å²) in [6, 6.07) is 27.3. The first kappa shape index (κ1) is 35.1. The highest BCUT2D eigenvalue weighted by molar-refractivity contribution is 5.89. The van der Waals surface area contributed by atoms with E-state index in [4.69, 9.17) is 10.8 Å². The zero-order valence-electron chi connectivity index (χ0n) is 25.5. The predicted octanol–water partition coefficient (Wildman–Crippen LogP) is 5.56. The summed E-state index contributed by atoms with van der Waals surface area (Å²) in [5.74, 6) is 0.337. The smallest absolute Gasteiger partial charge is 0.321 e. The highest BCUT2D eigenvalue weighted by Gasteiger charge is 2.33. The molecule has 232 valence electrons. The van der Waals surface area contributed by atoms with Crippen LogP contribution in [0.3, 0.4) is 0 Å². The number of aryl methyl sites for hydroxylation is 1. The maximum Gasteiger partial charge on any atom is 0.321 e. The van der Waals surface area contributed by atoms with Crippen molar-refractivity contribution >= 4 is 17.6 Å². The number of rotatable bonds is 10. The second-order valence-corrected chi connectivity index (χ2v) is 10.6. The molecule has 0 radical (unpaired) electrons. The van der Waals surface area contributed by atoms with E-state index >= 15 is 0 Å². The average Bonchev–Trinajstić information content (AvgIpc) is 3.03. The zero-order valence-corrected chi connectivity index (χ0v) is 25.5. The fraction of sp³-hybridized carbons (Fsp3) is 0.371. The second-order valence-electron chi connectivity index (χ2n) is 10.6. The predicted molar refractivity (Wildman–Crippen MR) is 175 cm³/mol. The molecule has 43 heavy (non-hydrogen) atoms. The van der Waals surface area contributed by atoms with Crippen LogP contribution >= 0.6 is 0 Å². The number of carbonyl (C=O) groups is 2. The molecule has 3 aromatic carbocycles. The van der Waals surface area contributed by atoms with Gasteiger partial charge in [-0.3, -0.25) is 4.79 Å². The fourth-order valence-electron chi connectivity index (χ4n) is 5.38. The number of hydrogen-bond donors (Lipinski definition) is 4. The van der Waals surface area contributed by atoms with E-state index in [0.717, 1.165) is 36.9 Å². The van der Waals surface area contributed by atoms with Crippen molar-refractivity contribution in [1.82, 2.24) is 10.2 Å².